The van der Waals surface area contributed by atoms with Crippen LogP contribution in [0.4, 0.5) is 11.4 Å². The van der Waals surface area contributed by atoms with Gasteiger partial charge in [-0.2, -0.15) is 0 Å². The van der Waals surface area contributed by atoms with E-state index in [0.717, 1.165) is 28.6 Å². The van der Waals surface area contributed by atoms with E-state index in [4.69, 9.17) is 12.2 Å². The molecule has 2 N–H and O–H groups in total. The van der Waals surface area contributed by atoms with Gasteiger partial charge in [-0.15, -0.1) is 0 Å². The zero-order valence-corrected chi connectivity index (χ0v) is 18.7. The van der Waals surface area contributed by atoms with Crippen LogP contribution in [0.3, 0.4) is 0 Å². The van der Waals surface area contributed by atoms with Crippen molar-refractivity contribution in [1.82, 2.24) is 19.9 Å². The molecular weight excluding hydrogens is 432 g/mol. The van der Waals surface area contributed by atoms with E-state index in [1.807, 2.05) is 72.9 Å². The summed E-state index contributed by atoms with van der Waals surface area (Å²) < 4.78 is 2.08. The summed E-state index contributed by atoms with van der Waals surface area (Å²) in [5.74, 6) is 0.721. The van der Waals surface area contributed by atoms with E-state index in [9.17, 15) is 4.79 Å². The van der Waals surface area contributed by atoms with E-state index < -0.39 is 0 Å². The van der Waals surface area contributed by atoms with Crippen molar-refractivity contribution in [3.63, 3.8) is 0 Å². The SMILES string of the molecule is CC(=O)Nc1ccc(N2C(=S)N[C@H](c3ccccn3)[C@@H]2c2cccn2-c2ccccn2)cc1. The van der Waals surface area contributed by atoms with Gasteiger partial charge in [-0.25, -0.2) is 4.98 Å². The van der Waals surface area contributed by atoms with E-state index in [1.54, 1.807) is 12.4 Å². The molecule has 0 radical (unpaired) electrons. The first-order valence-corrected chi connectivity index (χ1v) is 11.0. The molecule has 4 heterocycles. The van der Waals surface area contributed by atoms with Crippen LogP contribution in [0.15, 0.2) is 91.4 Å². The van der Waals surface area contributed by atoms with Crippen LogP contribution in [0, 0.1) is 0 Å². The molecule has 3 aromatic heterocycles. The van der Waals surface area contributed by atoms with Crippen LogP contribution in [-0.2, 0) is 4.79 Å². The van der Waals surface area contributed by atoms with Crippen molar-refractivity contribution in [3.8, 4) is 5.82 Å². The molecule has 0 spiro atoms. The molecule has 7 nitrogen and oxygen atoms in total. The Morgan fingerprint density at radius 1 is 0.970 bits per heavy atom. The van der Waals surface area contributed by atoms with Crippen molar-refractivity contribution in [2.45, 2.75) is 19.0 Å². The lowest BCUT2D eigenvalue weighted by molar-refractivity contribution is -0.114. The van der Waals surface area contributed by atoms with Crippen molar-refractivity contribution in [2.75, 3.05) is 10.2 Å². The maximum Gasteiger partial charge on any atom is 0.221 e. The van der Waals surface area contributed by atoms with Gasteiger partial charge in [0.25, 0.3) is 0 Å². The van der Waals surface area contributed by atoms with Gasteiger partial charge in [-0.05, 0) is 72.9 Å². The first-order chi connectivity index (χ1) is 16.1. The fourth-order valence-corrected chi connectivity index (χ4v) is 4.53. The second-order valence-corrected chi connectivity index (χ2v) is 8.10. The molecule has 4 aromatic rings. The number of anilines is 2. The molecule has 1 aromatic carbocycles. The van der Waals surface area contributed by atoms with Crippen LogP contribution in [0.5, 0.6) is 0 Å². The summed E-state index contributed by atoms with van der Waals surface area (Å²) in [5.41, 5.74) is 3.58. The zero-order chi connectivity index (χ0) is 22.8. The molecule has 1 saturated heterocycles. The summed E-state index contributed by atoms with van der Waals surface area (Å²) in [5, 5.41) is 6.89. The summed E-state index contributed by atoms with van der Waals surface area (Å²) in [6.45, 7) is 1.49. The molecule has 1 aliphatic rings. The van der Waals surface area contributed by atoms with E-state index in [-0.39, 0.29) is 18.0 Å². The molecule has 33 heavy (non-hydrogen) atoms. The number of aromatic nitrogens is 3. The van der Waals surface area contributed by atoms with Gasteiger partial charge in [0.15, 0.2) is 5.11 Å². The number of pyridine rings is 2. The minimum Gasteiger partial charge on any atom is -0.351 e. The summed E-state index contributed by atoms with van der Waals surface area (Å²) >= 11 is 5.81. The number of rotatable bonds is 5. The number of nitrogens with zero attached hydrogens (tertiary/aromatic N) is 4. The van der Waals surface area contributed by atoms with Crippen molar-refractivity contribution < 1.29 is 4.79 Å². The van der Waals surface area contributed by atoms with Gasteiger partial charge in [0.05, 0.1) is 11.7 Å². The molecule has 0 bridgehead atoms. The van der Waals surface area contributed by atoms with Crippen LogP contribution >= 0.6 is 12.2 Å². The Labute approximate surface area is 197 Å². The highest BCUT2D eigenvalue weighted by Gasteiger charge is 2.42. The third-order valence-corrected chi connectivity index (χ3v) is 5.86. The van der Waals surface area contributed by atoms with Gasteiger partial charge in [-0.1, -0.05) is 12.1 Å². The highest BCUT2D eigenvalue weighted by atomic mass is 32.1. The molecule has 2 atom stereocenters. The minimum atomic E-state index is -0.170. The molecule has 5 rings (SSSR count). The lowest BCUT2D eigenvalue weighted by Crippen LogP contribution is -2.30. The Hall–Kier alpha value is -4.04. The van der Waals surface area contributed by atoms with Crippen molar-refractivity contribution in [2.24, 2.45) is 0 Å². The van der Waals surface area contributed by atoms with Crippen molar-refractivity contribution >= 4 is 34.6 Å². The number of carbonyl (C=O) groups is 1. The predicted molar refractivity (Wildman–Crippen MR) is 132 cm³/mol. The Balaban J connectivity index is 1.61. The first-order valence-electron chi connectivity index (χ1n) is 10.6. The summed E-state index contributed by atoms with van der Waals surface area (Å²) in [4.78, 5) is 22.7. The largest absolute Gasteiger partial charge is 0.351 e. The highest BCUT2D eigenvalue weighted by molar-refractivity contribution is 7.80. The summed E-state index contributed by atoms with van der Waals surface area (Å²) in [7, 11) is 0. The summed E-state index contributed by atoms with van der Waals surface area (Å²) in [6.07, 6.45) is 5.58. The average Bonchev–Trinajstić information content (AvgIpc) is 3.45. The predicted octanol–water partition coefficient (Wildman–Crippen LogP) is 4.40. The van der Waals surface area contributed by atoms with Gasteiger partial charge >= 0.3 is 0 Å². The Morgan fingerprint density at radius 3 is 2.39 bits per heavy atom. The second-order valence-electron chi connectivity index (χ2n) is 7.72. The van der Waals surface area contributed by atoms with Gasteiger partial charge in [0.2, 0.25) is 5.91 Å². The fraction of sp³-hybridized carbons (Fsp3) is 0.120. The Morgan fingerprint density at radius 2 is 1.73 bits per heavy atom. The number of amides is 1. The molecule has 8 heteroatoms. The lowest BCUT2D eigenvalue weighted by Gasteiger charge is -2.29. The van der Waals surface area contributed by atoms with Crippen LogP contribution in [-0.4, -0.2) is 25.6 Å². The number of nitrogens with one attached hydrogen (secondary N) is 2. The maximum atomic E-state index is 11.4. The van der Waals surface area contributed by atoms with Gasteiger partial charge in [-0.3, -0.25) is 9.78 Å². The number of hydrogen-bond acceptors (Lipinski definition) is 4. The van der Waals surface area contributed by atoms with E-state index in [1.165, 1.54) is 6.92 Å². The molecular formula is C25H22N6OS. The molecule has 1 amide bonds. The smallest absolute Gasteiger partial charge is 0.221 e. The number of carbonyl (C=O) groups excluding carboxylic acids is 1. The first kappa shape index (κ1) is 20.8. The number of thiocarbonyl (C=S) groups is 1. The highest BCUT2D eigenvalue weighted by Crippen LogP contribution is 2.42. The van der Waals surface area contributed by atoms with Crippen molar-refractivity contribution in [3.05, 3.63) is 103 Å². The standard InChI is InChI=1S/C25H22N6OS/c1-17(32)28-18-10-12-19(13-11-18)31-24(23(29-25(31)33)20-7-2-4-14-26-20)21-8-6-16-30(21)22-9-3-5-15-27-22/h2-16,23-24H,1H3,(H,28,32)(H,29,33)/t23-,24+/m1/s1. The van der Waals surface area contributed by atoms with E-state index >= 15 is 0 Å². The third-order valence-electron chi connectivity index (χ3n) is 5.54. The molecule has 164 valence electrons. The van der Waals surface area contributed by atoms with Crippen molar-refractivity contribution in [1.29, 1.82) is 0 Å². The van der Waals surface area contributed by atoms with Gasteiger partial charge in [0, 0.05) is 42.6 Å². The third kappa shape index (κ3) is 4.08. The fourth-order valence-electron chi connectivity index (χ4n) is 4.18. The second kappa shape index (κ2) is 8.84. The maximum absolute atomic E-state index is 11.4. The quantitative estimate of drug-likeness (QED) is 0.436. The monoisotopic (exact) mass is 454 g/mol. The van der Waals surface area contributed by atoms with E-state index in [2.05, 4.69) is 36.1 Å². The van der Waals surface area contributed by atoms with Gasteiger partial charge < -0.3 is 20.1 Å². The van der Waals surface area contributed by atoms with E-state index in [0.29, 0.717) is 5.11 Å². The van der Waals surface area contributed by atoms with Crippen LogP contribution in [0.2, 0.25) is 0 Å². The Bertz CT molecular complexity index is 1270. The zero-order valence-electron chi connectivity index (χ0n) is 17.9. The summed E-state index contributed by atoms with van der Waals surface area (Å²) in [6, 6.07) is 23.2. The average molecular weight is 455 g/mol. The molecule has 1 fully saturated rings. The number of hydrogen-bond donors (Lipinski definition) is 2. The van der Waals surface area contributed by atoms with Crippen LogP contribution in [0.1, 0.15) is 30.4 Å². The molecule has 0 unspecified atom stereocenters. The lowest BCUT2D eigenvalue weighted by atomic mass is 10.0. The normalized spacial score (nSPS) is 17.6. The molecule has 1 aliphatic heterocycles. The topological polar surface area (TPSA) is 75.1 Å². The molecule has 0 aliphatic carbocycles. The van der Waals surface area contributed by atoms with Crippen LogP contribution in [0.25, 0.3) is 5.82 Å². The Kier molecular flexibility index (Phi) is 5.58. The number of benzene rings is 1. The van der Waals surface area contributed by atoms with Crippen LogP contribution < -0.4 is 15.5 Å². The molecule has 0 saturated carbocycles. The van der Waals surface area contributed by atoms with Gasteiger partial charge in [0.1, 0.15) is 11.9 Å². The minimum absolute atomic E-state index is 0.109.